The fourth-order valence-corrected chi connectivity index (χ4v) is 4.79. The summed E-state index contributed by atoms with van der Waals surface area (Å²) in [5, 5.41) is 11.4. The number of carbonyl (C=O) groups is 2. The predicted molar refractivity (Wildman–Crippen MR) is 152 cm³/mol. The summed E-state index contributed by atoms with van der Waals surface area (Å²) in [6.07, 6.45) is 2.62. The summed E-state index contributed by atoms with van der Waals surface area (Å²) in [6.45, 7) is 12.3. The van der Waals surface area contributed by atoms with E-state index in [9.17, 15) is 14.7 Å². The number of nitrogens with zero attached hydrogens (tertiary/aromatic N) is 2. The van der Waals surface area contributed by atoms with E-state index in [1.165, 1.54) is 0 Å². The molecule has 212 valence electrons. The van der Waals surface area contributed by atoms with Gasteiger partial charge in [0.15, 0.2) is 11.5 Å². The highest BCUT2D eigenvalue weighted by molar-refractivity contribution is 6.46. The average Bonchev–Trinajstić information content (AvgIpc) is 3.20. The number of aliphatic hydroxyl groups is 1. The number of benzene rings is 2. The van der Waals surface area contributed by atoms with Gasteiger partial charge in [0.1, 0.15) is 11.5 Å². The van der Waals surface area contributed by atoms with Crippen molar-refractivity contribution in [1.82, 2.24) is 9.80 Å². The highest BCUT2D eigenvalue weighted by atomic mass is 16.5. The number of Topliss-reactive ketones (excluding diaryl/α,β-unsaturated/α-hetero) is 1. The molecule has 0 saturated carbocycles. The van der Waals surface area contributed by atoms with Gasteiger partial charge < -0.3 is 29.1 Å². The quantitative estimate of drug-likeness (QED) is 0.140. The van der Waals surface area contributed by atoms with Crippen molar-refractivity contribution in [3.63, 3.8) is 0 Å². The molecule has 1 aliphatic rings. The molecule has 1 fully saturated rings. The first-order valence-electron chi connectivity index (χ1n) is 13.9. The minimum absolute atomic E-state index is 0.0636. The molecule has 39 heavy (non-hydrogen) atoms. The zero-order valence-electron chi connectivity index (χ0n) is 23.9. The first-order valence-corrected chi connectivity index (χ1v) is 13.9. The van der Waals surface area contributed by atoms with Crippen molar-refractivity contribution in [2.45, 2.75) is 53.0 Å². The first kappa shape index (κ1) is 30.0. The molecule has 1 N–H and O–H groups in total. The molecule has 1 atom stereocenters. The van der Waals surface area contributed by atoms with Gasteiger partial charge in [0.05, 0.1) is 31.9 Å². The molecule has 1 aliphatic heterocycles. The molecule has 2 aromatic rings. The lowest BCUT2D eigenvalue weighted by atomic mass is 9.95. The molecule has 0 bridgehead atoms. The number of methoxy groups -OCH3 is 1. The zero-order chi connectivity index (χ0) is 28.4. The van der Waals surface area contributed by atoms with Crippen LogP contribution >= 0.6 is 0 Å². The van der Waals surface area contributed by atoms with E-state index in [1.54, 1.807) is 48.4 Å². The second-order valence-corrected chi connectivity index (χ2v) is 9.44. The fraction of sp³-hybridized carbons (Fsp3) is 0.484. The Morgan fingerprint density at radius 2 is 1.67 bits per heavy atom. The smallest absolute Gasteiger partial charge is 0.295 e. The normalized spacial score (nSPS) is 16.7. The second kappa shape index (κ2) is 14.6. The van der Waals surface area contributed by atoms with Crippen molar-refractivity contribution in [2.75, 3.05) is 46.5 Å². The van der Waals surface area contributed by atoms with Gasteiger partial charge in [0.25, 0.3) is 11.7 Å². The molecule has 3 rings (SSSR count). The van der Waals surface area contributed by atoms with Crippen LogP contribution in [-0.4, -0.2) is 73.1 Å². The topological polar surface area (TPSA) is 88.5 Å². The van der Waals surface area contributed by atoms with Crippen LogP contribution in [-0.2, 0) is 9.59 Å². The lowest BCUT2D eigenvalue weighted by molar-refractivity contribution is -0.140. The van der Waals surface area contributed by atoms with Crippen LogP contribution in [0, 0.1) is 0 Å². The van der Waals surface area contributed by atoms with E-state index in [0.29, 0.717) is 54.6 Å². The van der Waals surface area contributed by atoms with Crippen LogP contribution < -0.4 is 14.2 Å². The lowest BCUT2D eigenvalue weighted by Gasteiger charge is -2.27. The molecule has 1 unspecified atom stereocenters. The lowest BCUT2D eigenvalue weighted by Crippen LogP contribution is -2.33. The summed E-state index contributed by atoms with van der Waals surface area (Å²) in [7, 11) is 1.56. The van der Waals surface area contributed by atoms with E-state index in [1.807, 2.05) is 13.0 Å². The summed E-state index contributed by atoms with van der Waals surface area (Å²) in [5.74, 6) is 0.240. The van der Waals surface area contributed by atoms with Gasteiger partial charge in [0.2, 0.25) is 0 Å². The van der Waals surface area contributed by atoms with Gasteiger partial charge >= 0.3 is 0 Å². The number of ether oxygens (including phenoxy) is 3. The number of amides is 1. The largest absolute Gasteiger partial charge is 0.507 e. The Morgan fingerprint density at radius 3 is 2.28 bits per heavy atom. The number of likely N-dealkylation sites (tertiary alicyclic amines) is 1. The minimum Gasteiger partial charge on any atom is -0.507 e. The molecule has 1 heterocycles. The number of hydrogen-bond acceptors (Lipinski definition) is 7. The van der Waals surface area contributed by atoms with E-state index >= 15 is 0 Å². The summed E-state index contributed by atoms with van der Waals surface area (Å²) < 4.78 is 17.0. The monoisotopic (exact) mass is 538 g/mol. The summed E-state index contributed by atoms with van der Waals surface area (Å²) in [5.41, 5.74) is 1.17. The summed E-state index contributed by atoms with van der Waals surface area (Å²) >= 11 is 0. The van der Waals surface area contributed by atoms with Crippen LogP contribution in [0.1, 0.15) is 64.1 Å². The number of unbranched alkanes of at least 4 members (excludes halogenated alkanes) is 1. The Hall–Kier alpha value is -3.52. The van der Waals surface area contributed by atoms with E-state index in [0.717, 1.165) is 32.5 Å². The molecule has 8 nitrogen and oxygen atoms in total. The summed E-state index contributed by atoms with van der Waals surface area (Å²) in [4.78, 5) is 30.6. The number of rotatable bonds is 15. The highest BCUT2D eigenvalue weighted by Crippen LogP contribution is 2.42. The molecule has 8 heteroatoms. The van der Waals surface area contributed by atoms with E-state index in [-0.39, 0.29) is 11.3 Å². The molecule has 2 aromatic carbocycles. The van der Waals surface area contributed by atoms with Crippen molar-refractivity contribution in [3.05, 3.63) is 59.2 Å². The fourth-order valence-electron chi connectivity index (χ4n) is 4.79. The Kier molecular flexibility index (Phi) is 11.2. The molecule has 1 saturated heterocycles. The Labute approximate surface area is 232 Å². The van der Waals surface area contributed by atoms with Crippen LogP contribution in [0.2, 0.25) is 0 Å². The van der Waals surface area contributed by atoms with Gasteiger partial charge in [-0.05, 0) is 81.4 Å². The first-order chi connectivity index (χ1) is 18.9. The van der Waals surface area contributed by atoms with Gasteiger partial charge in [-0.1, -0.05) is 33.3 Å². The van der Waals surface area contributed by atoms with Gasteiger partial charge in [-0.15, -0.1) is 0 Å². The SMILES string of the molecule is CCCCOc1ccc(C2C(=C(O)c3ccc(OCC)cc3)C(=O)C(=O)N2CCCN(CC)CC)cc1OC. The molecule has 0 aliphatic carbocycles. The number of aliphatic hydroxyl groups excluding tert-OH is 1. The van der Waals surface area contributed by atoms with Crippen molar-refractivity contribution in [2.24, 2.45) is 0 Å². The van der Waals surface area contributed by atoms with E-state index in [2.05, 4.69) is 25.7 Å². The third-order valence-corrected chi connectivity index (χ3v) is 7.01. The van der Waals surface area contributed by atoms with Crippen LogP contribution in [0.3, 0.4) is 0 Å². The second-order valence-electron chi connectivity index (χ2n) is 9.44. The standard InChI is InChI=1S/C31H42N2O6/c1-6-10-20-39-25-17-14-23(21-26(25)37-5)28-27(29(34)22-12-15-24(16-13-22)38-9-4)30(35)31(36)33(28)19-11-18-32(7-2)8-3/h12-17,21,28,34H,6-11,18-20H2,1-5H3. The maximum atomic E-state index is 13.4. The maximum Gasteiger partial charge on any atom is 0.295 e. The molecule has 0 spiro atoms. The van der Waals surface area contributed by atoms with Gasteiger partial charge in [-0.3, -0.25) is 9.59 Å². The number of ketones is 1. The van der Waals surface area contributed by atoms with E-state index < -0.39 is 17.7 Å². The van der Waals surface area contributed by atoms with Crippen molar-refractivity contribution >= 4 is 17.4 Å². The number of carbonyl (C=O) groups excluding carboxylic acids is 2. The molecule has 1 amide bonds. The molecular formula is C31H42N2O6. The van der Waals surface area contributed by atoms with Crippen molar-refractivity contribution in [3.8, 4) is 17.2 Å². The van der Waals surface area contributed by atoms with Crippen molar-refractivity contribution < 1.29 is 28.9 Å². The van der Waals surface area contributed by atoms with Crippen LogP contribution in [0.15, 0.2) is 48.0 Å². The van der Waals surface area contributed by atoms with Gasteiger partial charge in [-0.2, -0.15) is 0 Å². The van der Waals surface area contributed by atoms with E-state index in [4.69, 9.17) is 14.2 Å². The van der Waals surface area contributed by atoms with Crippen molar-refractivity contribution in [1.29, 1.82) is 0 Å². The zero-order valence-corrected chi connectivity index (χ0v) is 23.9. The molecular weight excluding hydrogens is 496 g/mol. The third kappa shape index (κ3) is 7.12. The highest BCUT2D eigenvalue weighted by Gasteiger charge is 2.46. The van der Waals surface area contributed by atoms with Crippen LogP contribution in [0.5, 0.6) is 17.2 Å². The molecule has 0 aromatic heterocycles. The predicted octanol–water partition coefficient (Wildman–Crippen LogP) is 5.43. The van der Waals surface area contributed by atoms with Crippen LogP contribution in [0.4, 0.5) is 0 Å². The van der Waals surface area contributed by atoms with Gasteiger partial charge in [0, 0.05) is 12.1 Å². The minimum atomic E-state index is -0.758. The Bertz CT molecular complexity index is 1140. The maximum absolute atomic E-state index is 13.4. The average molecular weight is 539 g/mol. The number of hydrogen-bond donors (Lipinski definition) is 1. The Balaban J connectivity index is 2.04. The summed E-state index contributed by atoms with van der Waals surface area (Å²) in [6, 6.07) is 11.5. The molecule has 0 radical (unpaired) electrons. The van der Waals surface area contributed by atoms with Gasteiger partial charge in [-0.25, -0.2) is 0 Å². The van der Waals surface area contributed by atoms with Crippen LogP contribution in [0.25, 0.3) is 5.76 Å². The Morgan fingerprint density at radius 1 is 0.949 bits per heavy atom. The third-order valence-electron chi connectivity index (χ3n) is 7.01.